The summed E-state index contributed by atoms with van der Waals surface area (Å²) in [6.07, 6.45) is 6.54. The maximum Gasteiger partial charge on any atom is 0.236 e. The van der Waals surface area contributed by atoms with Gasteiger partial charge < -0.3 is 15.0 Å². The van der Waals surface area contributed by atoms with Crippen molar-refractivity contribution in [2.45, 2.75) is 52.6 Å². The van der Waals surface area contributed by atoms with E-state index in [4.69, 9.17) is 4.74 Å². The predicted octanol–water partition coefficient (Wildman–Crippen LogP) is 3.23. The van der Waals surface area contributed by atoms with Gasteiger partial charge in [0.15, 0.2) is 0 Å². The number of piperidine rings is 1. The normalized spacial score (nSPS) is 23.7. The summed E-state index contributed by atoms with van der Waals surface area (Å²) in [6.45, 7) is 9.96. The number of carbonyl (C=O) groups is 2. The smallest absolute Gasteiger partial charge is 0.236 e. The van der Waals surface area contributed by atoms with Gasteiger partial charge in [0.1, 0.15) is 12.4 Å². The van der Waals surface area contributed by atoms with E-state index >= 15 is 0 Å². The zero-order valence-corrected chi connectivity index (χ0v) is 19.2. The van der Waals surface area contributed by atoms with E-state index in [1.807, 2.05) is 43.0 Å². The Labute approximate surface area is 186 Å². The van der Waals surface area contributed by atoms with Gasteiger partial charge in [-0.1, -0.05) is 37.3 Å². The lowest BCUT2D eigenvalue weighted by molar-refractivity contribution is -0.135. The molecule has 2 aliphatic heterocycles. The highest BCUT2D eigenvalue weighted by atomic mass is 16.5. The van der Waals surface area contributed by atoms with Crippen molar-refractivity contribution in [3.05, 3.63) is 42.0 Å². The fourth-order valence-electron chi connectivity index (χ4n) is 4.55. The van der Waals surface area contributed by atoms with Gasteiger partial charge in [0.25, 0.3) is 0 Å². The average molecular weight is 428 g/mol. The number of benzene rings is 1. The SMILES string of the molecule is CCCN1CC(=O)N2CC[C@@H](CC(=O)NC(C)C)[C@@H](/C=C/COc3ccccc3C1)C2. The highest BCUT2D eigenvalue weighted by Crippen LogP contribution is 2.29. The molecular weight excluding hydrogens is 390 g/mol. The van der Waals surface area contributed by atoms with Crippen LogP contribution >= 0.6 is 0 Å². The van der Waals surface area contributed by atoms with Crippen LogP contribution in [-0.2, 0) is 16.1 Å². The van der Waals surface area contributed by atoms with Crippen LogP contribution in [0.3, 0.4) is 0 Å². The Hall–Kier alpha value is -2.34. The van der Waals surface area contributed by atoms with E-state index in [2.05, 4.69) is 29.3 Å². The van der Waals surface area contributed by atoms with Gasteiger partial charge in [0.2, 0.25) is 11.8 Å². The first-order valence-electron chi connectivity index (χ1n) is 11.6. The number of amides is 2. The standard InChI is InChI=1S/C25H37N3O3/c1-4-12-27-16-22-8-5-6-10-23(22)31-14-7-9-21-17-28(25(30)18-27)13-11-20(21)15-24(29)26-19(2)3/h5-10,19-21H,4,11-18H2,1-3H3,(H,26,29)/b9-7+/t20-,21-/m0/s1. The van der Waals surface area contributed by atoms with Crippen LogP contribution in [0.25, 0.3) is 0 Å². The van der Waals surface area contributed by atoms with Crippen LogP contribution in [-0.4, -0.2) is 60.4 Å². The minimum atomic E-state index is 0.0930. The Bertz CT molecular complexity index is 777. The van der Waals surface area contributed by atoms with E-state index in [1.54, 1.807) is 0 Å². The van der Waals surface area contributed by atoms with Crippen LogP contribution in [0.4, 0.5) is 0 Å². The summed E-state index contributed by atoms with van der Waals surface area (Å²) < 4.78 is 6.07. The molecule has 1 N–H and O–H groups in total. The zero-order valence-electron chi connectivity index (χ0n) is 19.2. The Morgan fingerprint density at radius 1 is 1.26 bits per heavy atom. The first kappa shape index (κ1) is 23.3. The fourth-order valence-corrected chi connectivity index (χ4v) is 4.55. The van der Waals surface area contributed by atoms with E-state index < -0.39 is 0 Å². The summed E-state index contributed by atoms with van der Waals surface area (Å²) in [6, 6.07) is 8.22. The second kappa shape index (κ2) is 11.3. The number of rotatable bonds is 5. The first-order valence-corrected chi connectivity index (χ1v) is 11.6. The van der Waals surface area contributed by atoms with Gasteiger partial charge in [-0.25, -0.2) is 0 Å². The number of para-hydroxylation sites is 1. The molecule has 31 heavy (non-hydrogen) atoms. The molecule has 1 saturated heterocycles. The van der Waals surface area contributed by atoms with Crippen molar-refractivity contribution in [2.75, 3.05) is 32.8 Å². The topological polar surface area (TPSA) is 61.9 Å². The van der Waals surface area contributed by atoms with Gasteiger partial charge in [-0.05, 0) is 51.1 Å². The molecule has 0 saturated carbocycles. The Kier molecular flexibility index (Phi) is 8.52. The average Bonchev–Trinajstić information content (AvgIpc) is 2.73. The predicted molar refractivity (Wildman–Crippen MR) is 123 cm³/mol. The van der Waals surface area contributed by atoms with E-state index in [0.29, 0.717) is 32.7 Å². The maximum atomic E-state index is 13.1. The lowest BCUT2D eigenvalue weighted by atomic mass is 9.82. The van der Waals surface area contributed by atoms with Crippen molar-refractivity contribution < 1.29 is 14.3 Å². The second-order valence-corrected chi connectivity index (χ2v) is 9.04. The maximum absolute atomic E-state index is 13.1. The highest BCUT2D eigenvalue weighted by molar-refractivity contribution is 5.79. The van der Waals surface area contributed by atoms with Gasteiger partial charge in [0, 0.05) is 37.7 Å². The summed E-state index contributed by atoms with van der Waals surface area (Å²) in [4.78, 5) is 29.7. The fraction of sp³-hybridized carbons (Fsp3) is 0.600. The van der Waals surface area contributed by atoms with Gasteiger partial charge in [-0.3, -0.25) is 14.5 Å². The largest absolute Gasteiger partial charge is 0.489 e. The molecule has 170 valence electrons. The molecule has 0 radical (unpaired) electrons. The van der Waals surface area contributed by atoms with Crippen molar-refractivity contribution >= 4 is 11.8 Å². The third-order valence-corrected chi connectivity index (χ3v) is 6.04. The lowest BCUT2D eigenvalue weighted by Crippen LogP contribution is -2.48. The molecule has 2 heterocycles. The van der Waals surface area contributed by atoms with E-state index in [1.165, 1.54) is 0 Å². The third kappa shape index (κ3) is 6.82. The molecule has 0 aromatic heterocycles. The molecule has 2 atom stereocenters. The molecule has 2 bridgehead atoms. The number of nitrogens with one attached hydrogen (secondary N) is 1. The molecule has 3 rings (SSSR count). The van der Waals surface area contributed by atoms with Crippen LogP contribution in [0.1, 0.15) is 45.6 Å². The van der Waals surface area contributed by atoms with Crippen molar-refractivity contribution in [1.29, 1.82) is 0 Å². The number of ether oxygens (including phenoxy) is 1. The van der Waals surface area contributed by atoms with Crippen molar-refractivity contribution in [3.63, 3.8) is 0 Å². The molecule has 1 aromatic carbocycles. The third-order valence-electron chi connectivity index (χ3n) is 6.04. The number of nitrogens with zero attached hydrogens (tertiary/aromatic N) is 2. The van der Waals surface area contributed by atoms with Crippen LogP contribution in [0.2, 0.25) is 0 Å². The number of hydrogen-bond donors (Lipinski definition) is 1. The van der Waals surface area contributed by atoms with Gasteiger partial charge in [-0.15, -0.1) is 0 Å². The van der Waals surface area contributed by atoms with Gasteiger partial charge in [-0.2, -0.15) is 0 Å². The minimum absolute atomic E-state index is 0.0930. The van der Waals surface area contributed by atoms with E-state index in [0.717, 1.165) is 37.2 Å². The number of hydrogen-bond acceptors (Lipinski definition) is 4. The zero-order chi connectivity index (χ0) is 22.2. The Morgan fingerprint density at radius 2 is 2.06 bits per heavy atom. The molecule has 0 unspecified atom stereocenters. The quantitative estimate of drug-likeness (QED) is 0.733. The first-order chi connectivity index (χ1) is 15.0. The van der Waals surface area contributed by atoms with Gasteiger partial charge in [0.05, 0.1) is 6.54 Å². The number of fused-ring (bicyclic) bond motifs is 3. The Morgan fingerprint density at radius 3 is 2.84 bits per heavy atom. The van der Waals surface area contributed by atoms with Crippen molar-refractivity contribution in [2.24, 2.45) is 11.8 Å². The van der Waals surface area contributed by atoms with Crippen LogP contribution < -0.4 is 10.1 Å². The summed E-state index contributed by atoms with van der Waals surface area (Å²) in [5.41, 5.74) is 1.11. The Balaban J connectivity index is 1.79. The monoisotopic (exact) mass is 427 g/mol. The molecule has 6 nitrogen and oxygen atoms in total. The highest BCUT2D eigenvalue weighted by Gasteiger charge is 2.32. The van der Waals surface area contributed by atoms with Crippen LogP contribution in [0.5, 0.6) is 5.75 Å². The van der Waals surface area contributed by atoms with E-state index in [9.17, 15) is 9.59 Å². The molecule has 1 aromatic rings. The lowest BCUT2D eigenvalue weighted by Gasteiger charge is -2.38. The van der Waals surface area contributed by atoms with Crippen molar-refractivity contribution in [1.82, 2.24) is 15.1 Å². The molecule has 2 amide bonds. The molecule has 2 aliphatic rings. The van der Waals surface area contributed by atoms with Crippen LogP contribution in [0.15, 0.2) is 36.4 Å². The van der Waals surface area contributed by atoms with Crippen LogP contribution in [0, 0.1) is 11.8 Å². The summed E-state index contributed by atoms with van der Waals surface area (Å²) >= 11 is 0. The molecular formula is C25H37N3O3. The molecule has 0 aliphatic carbocycles. The van der Waals surface area contributed by atoms with Gasteiger partial charge >= 0.3 is 0 Å². The summed E-state index contributed by atoms with van der Waals surface area (Å²) in [5.74, 6) is 1.54. The summed E-state index contributed by atoms with van der Waals surface area (Å²) in [7, 11) is 0. The minimum Gasteiger partial charge on any atom is -0.489 e. The van der Waals surface area contributed by atoms with Crippen molar-refractivity contribution in [3.8, 4) is 5.75 Å². The number of carbonyl (C=O) groups excluding carboxylic acids is 2. The summed E-state index contributed by atoms with van der Waals surface area (Å²) in [5, 5.41) is 3.01. The van der Waals surface area contributed by atoms with E-state index in [-0.39, 0.29) is 29.7 Å². The molecule has 0 spiro atoms. The second-order valence-electron chi connectivity index (χ2n) is 9.04. The molecule has 1 fully saturated rings. The molecule has 6 heteroatoms.